The molecule has 0 aliphatic heterocycles. The Morgan fingerprint density at radius 1 is 1.33 bits per heavy atom. The normalized spacial score (nSPS) is 17.1. The van der Waals surface area contributed by atoms with Crippen LogP contribution in [0.2, 0.25) is 10.0 Å². The summed E-state index contributed by atoms with van der Waals surface area (Å²) in [5.74, 6) is -0.0676. The molecule has 98 valence electrons. The van der Waals surface area contributed by atoms with Crippen LogP contribution in [0.3, 0.4) is 0 Å². The van der Waals surface area contributed by atoms with Crippen LogP contribution >= 0.6 is 34.8 Å². The number of alkyl halides is 1. The van der Waals surface area contributed by atoms with Crippen LogP contribution in [0.4, 0.5) is 0 Å². The van der Waals surface area contributed by atoms with E-state index in [0.29, 0.717) is 10.0 Å². The molecule has 2 rings (SSSR count). The van der Waals surface area contributed by atoms with Crippen LogP contribution < -0.4 is 0 Å². The fourth-order valence-electron chi connectivity index (χ4n) is 2.44. The zero-order chi connectivity index (χ0) is 13.3. The van der Waals surface area contributed by atoms with Crippen LogP contribution in [0.1, 0.15) is 24.8 Å². The summed E-state index contributed by atoms with van der Waals surface area (Å²) in [4.78, 5) is 13.6. The summed E-state index contributed by atoms with van der Waals surface area (Å²) in [5.41, 5.74) is 0.768. The minimum atomic E-state index is -0.264. The van der Waals surface area contributed by atoms with E-state index in [0.717, 1.165) is 24.8 Å². The van der Waals surface area contributed by atoms with Gasteiger partial charge in [-0.2, -0.15) is 0 Å². The first kappa shape index (κ1) is 14.0. The molecule has 1 fully saturated rings. The fourth-order valence-corrected chi connectivity index (χ4v) is 2.92. The zero-order valence-corrected chi connectivity index (χ0v) is 12.3. The predicted octanol–water partition coefficient (Wildman–Crippen LogP) is 4.07. The Morgan fingerprint density at radius 2 is 2.00 bits per heavy atom. The Labute approximate surface area is 122 Å². The summed E-state index contributed by atoms with van der Waals surface area (Å²) in [6.45, 7) is 0. The van der Waals surface area contributed by atoms with Gasteiger partial charge in [0.15, 0.2) is 0 Å². The van der Waals surface area contributed by atoms with E-state index in [1.807, 2.05) is 12.1 Å². The van der Waals surface area contributed by atoms with Crippen LogP contribution in [-0.2, 0) is 10.3 Å². The molecule has 0 N–H and O–H groups in total. The molecule has 0 atom stereocenters. The molecule has 0 saturated heterocycles. The zero-order valence-electron chi connectivity index (χ0n) is 10.0. The summed E-state index contributed by atoms with van der Waals surface area (Å²) >= 11 is 17.6. The molecule has 18 heavy (non-hydrogen) atoms. The molecule has 0 heterocycles. The molecule has 1 aliphatic carbocycles. The van der Waals surface area contributed by atoms with Crippen LogP contribution in [0, 0.1) is 0 Å². The van der Waals surface area contributed by atoms with E-state index in [9.17, 15) is 4.79 Å². The smallest absolute Gasteiger partial charge is 0.237 e. The average molecular weight is 307 g/mol. The van der Waals surface area contributed by atoms with Crippen molar-refractivity contribution in [1.82, 2.24) is 4.90 Å². The topological polar surface area (TPSA) is 20.3 Å². The van der Waals surface area contributed by atoms with Gasteiger partial charge >= 0.3 is 0 Å². The van der Waals surface area contributed by atoms with Crippen molar-refractivity contribution in [1.29, 1.82) is 0 Å². The monoisotopic (exact) mass is 305 g/mol. The number of hydrogen-bond acceptors (Lipinski definition) is 1. The van der Waals surface area contributed by atoms with Crippen molar-refractivity contribution >= 4 is 40.7 Å². The lowest BCUT2D eigenvalue weighted by molar-refractivity contribution is -0.137. The minimum absolute atomic E-state index is 0.000425. The van der Waals surface area contributed by atoms with E-state index in [1.54, 1.807) is 18.0 Å². The third kappa shape index (κ3) is 2.22. The van der Waals surface area contributed by atoms with Crippen molar-refractivity contribution in [2.75, 3.05) is 12.9 Å². The Morgan fingerprint density at radius 3 is 2.44 bits per heavy atom. The number of carbonyl (C=O) groups is 1. The molecule has 1 aromatic carbocycles. The SMILES string of the molecule is CN(C(=O)CCl)C1(c2ccc(Cl)c(Cl)c2)CCC1. The minimum Gasteiger partial charge on any atom is -0.335 e. The third-order valence-corrected chi connectivity index (χ3v) is 4.74. The van der Waals surface area contributed by atoms with Gasteiger partial charge in [-0.05, 0) is 37.0 Å². The maximum atomic E-state index is 11.8. The second kappa shape index (κ2) is 5.28. The lowest BCUT2D eigenvalue weighted by Gasteiger charge is -2.49. The van der Waals surface area contributed by atoms with Gasteiger partial charge < -0.3 is 4.90 Å². The summed E-state index contributed by atoms with van der Waals surface area (Å²) in [7, 11) is 1.80. The van der Waals surface area contributed by atoms with E-state index in [4.69, 9.17) is 34.8 Å². The maximum absolute atomic E-state index is 11.8. The molecule has 1 aromatic rings. The van der Waals surface area contributed by atoms with E-state index in [-0.39, 0.29) is 17.3 Å². The van der Waals surface area contributed by atoms with E-state index < -0.39 is 0 Å². The number of rotatable bonds is 3. The van der Waals surface area contributed by atoms with Gasteiger partial charge in [0.25, 0.3) is 0 Å². The number of amides is 1. The van der Waals surface area contributed by atoms with E-state index in [2.05, 4.69) is 0 Å². The van der Waals surface area contributed by atoms with Crippen molar-refractivity contribution in [2.45, 2.75) is 24.8 Å². The highest BCUT2D eigenvalue weighted by Gasteiger charge is 2.44. The van der Waals surface area contributed by atoms with Gasteiger partial charge in [0.2, 0.25) is 5.91 Å². The number of hydrogen-bond donors (Lipinski definition) is 0. The number of carbonyl (C=O) groups excluding carboxylic acids is 1. The van der Waals surface area contributed by atoms with Crippen LogP contribution in [0.5, 0.6) is 0 Å². The molecule has 2 nitrogen and oxygen atoms in total. The molecule has 0 radical (unpaired) electrons. The van der Waals surface area contributed by atoms with Gasteiger partial charge in [-0.3, -0.25) is 4.79 Å². The highest BCUT2D eigenvalue weighted by Crippen LogP contribution is 2.47. The first-order chi connectivity index (χ1) is 8.51. The summed E-state index contributed by atoms with van der Waals surface area (Å²) in [6.07, 6.45) is 2.97. The molecule has 0 spiro atoms. The largest absolute Gasteiger partial charge is 0.335 e. The standard InChI is InChI=1S/C13H14Cl3NO/c1-17(12(18)8-14)13(5-2-6-13)9-3-4-10(15)11(16)7-9/h3-4,7H,2,5-6,8H2,1H3. The second-order valence-corrected chi connectivity index (χ2v) is 5.68. The summed E-state index contributed by atoms with van der Waals surface area (Å²) in [5, 5.41) is 1.05. The molecule has 0 bridgehead atoms. The summed E-state index contributed by atoms with van der Waals surface area (Å²) in [6, 6.07) is 5.56. The Bertz CT molecular complexity index is 471. The van der Waals surface area contributed by atoms with E-state index >= 15 is 0 Å². The Balaban J connectivity index is 2.37. The van der Waals surface area contributed by atoms with Crippen LogP contribution in [0.25, 0.3) is 0 Å². The third-order valence-electron chi connectivity index (χ3n) is 3.77. The van der Waals surface area contributed by atoms with Gasteiger partial charge in [0.1, 0.15) is 5.88 Å². The second-order valence-electron chi connectivity index (χ2n) is 4.60. The van der Waals surface area contributed by atoms with Crippen molar-refractivity contribution in [3.63, 3.8) is 0 Å². The molecule has 0 aromatic heterocycles. The first-order valence-corrected chi connectivity index (χ1v) is 7.08. The van der Waals surface area contributed by atoms with Gasteiger partial charge in [0.05, 0.1) is 15.6 Å². The van der Waals surface area contributed by atoms with Crippen molar-refractivity contribution < 1.29 is 4.79 Å². The fraction of sp³-hybridized carbons (Fsp3) is 0.462. The molecule has 1 amide bonds. The molecular formula is C13H14Cl3NO. The highest BCUT2D eigenvalue weighted by molar-refractivity contribution is 6.42. The molecule has 1 aliphatic rings. The predicted molar refractivity (Wildman–Crippen MR) is 75.5 cm³/mol. The quantitative estimate of drug-likeness (QED) is 0.771. The summed E-state index contributed by atoms with van der Waals surface area (Å²) < 4.78 is 0. The average Bonchev–Trinajstić information content (AvgIpc) is 2.31. The van der Waals surface area contributed by atoms with Crippen LogP contribution in [0.15, 0.2) is 18.2 Å². The molecular weight excluding hydrogens is 293 g/mol. The Kier molecular flexibility index (Phi) is 4.10. The number of halogens is 3. The molecule has 5 heteroatoms. The lowest BCUT2D eigenvalue weighted by Crippen LogP contribution is -2.52. The number of nitrogens with zero attached hydrogens (tertiary/aromatic N) is 1. The molecule has 0 unspecified atom stereocenters. The molecule has 1 saturated carbocycles. The van der Waals surface area contributed by atoms with Gasteiger partial charge in [-0.25, -0.2) is 0 Å². The van der Waals surface area contributed by atoms with Gasteiger partial charge in [0, 0.05) is 7.05 Å². The Hall–Kier alpha value is -0.440. The maximum Gasteiger partial charge on any atom is 0.237 e. The lowest BCUT2D eigenvalue weighted by atomic mass is 9.70. The van der Waals surface area contributed by atoms with Crippen molar-refractivity contribution in [2.24, 2.45) is 0 Å². The van der Waals surface area contributed by atoms with Gasteiger partial charge in [-0.15, -0.1) is 11.6 Å². The van der Waals surface area contributed by atoms with E-state index in [1.165, 1.54) is 0 Å². The highest BCUT2D eigenvalue weighted by atomic mass is 35.5. The first-order valence-electron chi connectivity index (χ1n) is 5.79. The number of benzene rings is 1. The van der Waals surface area contributed by atoms with Crippen molar-refractivity contribution in [3.8, 4) is 0 Å². The van der Waals surface area contributed by atoms with Crippen molar-refractivity contribution in [3.05, 3.63) is 33.8 Å². The van der Waals surface area contributed by atoms with Gasteiger partial charge in [-0.1, -0.05) is 29.3 Å². The van der Waals surface area contributed by atoms with Crippen LogP contribution in [-0.4, -0.2) is 23.7 Å².